The van der Waals surface area contributed by atoms with Gasteiger partial charge < -0.3 is 4.98 Å². The molecular formula is C13H12N4OS. The van der Waals surface area contributed by atoms with Gasteiger partial charge in [-0.25, -0.2) is 9.97 Å². The van der Waals surface area contributed by atoms with E-state index < -0.39 is 0 Å². The van der Waals surface area contributed by atoms with Crippen molar-refractivity contribution in [2.45, 2.75) is 19.1 Å². The Balaban J connectivity index is 2.64. The number of pyridine rings is 1. The van der Waals surface area contributed by atoms with Crippen LogP contribution in [0.3, 0.4) is 0 Å². The molecule has 1 atom stereocenters. The van der Waals surface area contributed by atoms with Gasteiger partial charge in [-0.2, -0.15) is 17.9 Å². The van der Waals surface area contributed by atoms with E-state index in [0.717, 1.165) is 5.56 Å². The molecule has 0 radical (unpaired) electrons. The number of hydrogen-bond donors (Lipinski definition) is 2. The largest absolute Gasteiger partial charge is 0.325 e. The molecule has 0 bridgehead atoms. The lowest BCUT2D eigenvalue weighted by molar-refractivity contribution is 0.916. The van der Waals surface area contributed by atoms with E-state index in [9.17, 15) is 4.79 Å². The van der Waals surface area contributed by atoms with Gasteiger partial charge in [-0.15, -0.1) is 0 Å². The number of rotatable bonds is 2. The summed E-state index contributed by atoms with van der Waals surface area (Å²) in [6, 6.07) is 3.64. The molecule has 0 aromatic carbocycles. The number of H-pyrrole nitrogens is 1. The summed E-state index contributed by atoms with van der Waals surface area (Å²) >= 11 is 4.51. The molecule has 19 heavy (non-hydrogen) atoms. The Hall–Kier alpha value is -2.13. The maximum absolute atomic E-state index is 11.7. The van der Waals surface area contributed by atoms with E-state index in [0.29, 0.717) is 17.1 Å². The summed E-state index contributed by atoms with van der Waals surface area (Å²) in [5.74, 6) is 0.535. The van der Waals surface area contributed by atoms with Gasteiger partial charge in [-0.05, 0) is 31.0 Å². The first-order valence-electron chi connectivity index (χ1n) is 5.64. The minimum Gasteiger partial charge on any atom is -0.325 e. The third kappa shape index (κ3) is 2.37. The molecule has 0 spiro atoms. The molecule has 6 heteroatoms. The number of hydrogen-bond acceptors (Lipinski definition) is 5. The van der Waals surface area contributed by atoms with E-state index in [2.05, 4.69) is 27.6 Å². The van der Waals surface area contributed by atoms with E-state index in [1.807, 2.05) is 6.07 Å². The molecule has 2 rings (SSSR count). The fourth-order valence-corrected chi connectivity index (χ4v) is 2.53. The summed E-state index contributed by atoms with van der Waals surface area (Å²) in [5, 5.41) is 8.66. The molecule has 5 nitrogen and oxygen atoms in total. The molecule has 0 saturated carbocycles. The van der Waals surface area contributed by atoms with Crippen LogP contribution in [0.2, 0.25) is 0 Å². The summed E-state index contributed by atoms with van der Waals surface area (Å²) in [7, 11) is 0. The Kier molecular flexibility index (Phi) is 3.67. The van der Waals surface area contributed by atoms with Crippen LogP contribution in [0.15, 0.2) is 23.3 Å². The van der Waals surface area contributed by atoms with Gasteiger partial charge in [-0.3, -0.25) is 4.79 Å². The number of aromatic amines is 1. The Morgan fingerprint density at radius 3 is 2.58 bits per heavy atom. The Bertz CT molecular complexity index is 703. The van der Waals surface area contributed by atoms with Gasteiger partial charge in [0.25, 0.3) is 5.56 Å². The summed E-state index contributed by atoms with van der Waals surface area (Å²) in [5.41, 5.74) is 1.79. The third-order valence-electron chi connectivity index (χ3n) is 2.93. The van der Waals surface area contributed by atoms with E-state index >= 15 is 0 Å². The maximum Gasteiger partial charge on any atom is 0.266 e. The lowest BCUT2D eigenvalue weighted by Crippen LogP contribution is -2.18. The van der Waals surface area contributed by atoms with E-state index in [1.165, 1.54) is 0 Å². The van der Waals surface area contributed by atoms with Gasteiger partial charge in [0, 0.05) is 18.1 Å². The van der Waals surface area contributed by atoms with Crippen LogP contribution in [0.4, 0.5) is 0 Å². The number of nitrogens with one attached hydrogen (secondary N) is 1. The second-order valence-electron chi connectivity index (χ2n) is 4.11. The number of nitrogens with zero attached hydrogens (tertiary/aromatic N) is 3. The second kappa shape index (κ2) is 5.24. The van der Waals surface area contributed by atoms with Gasteiger partial charge in [0.2, 0.25) is 0 Å². The van der Waals surface area contributed by atoms with Gasteiger partial charge in [0.05, 0.1) is 5.25 Å². The highest BCUT2D eigenvalue weighted by Gasteiger charge is 2.20. The van der Waals surface area contributed by atoms with Crippen LogP contribution in [0.5, 0.6) is 0 Å². The second-order valence-corrected chi connectivity index (χ2v) is 4.63. The van der Waals surface area contributed by atoms with Crippen molar-refractivity contribution in [2.75, 3.05) is 0 Å². The summed E-state index contributed by atoms with van der Waals surface area (Å²) in [6.45, 7) is 3.51. The molecule has 2 aromatic rings. The Morgan fingerprint density at radius 2 is 2.00 bits per heavy atom. The van der Waals surface area contributed by atoms with Crippen LogP contribution < -0.4 is 5.56 Å². The van der Waals surface area contributed by atoms with Crippen molar-refractivity contribution >= 4 is 12.6 Å². The lowest BCUT2D eigenvalue weighted by Gasteiger charge is -2.15. The molecule has 0 aliphatic heterocycles. The van der Waals surface area contributed by atoms with Crippen LogP contribution in [-0.4, -0.2) is 15.0 Å². The maximum atomic E-state index is 11.7. The fourth-order valence-electron chi connectivity index (χ4n) is 2.01. The third-order valence-corrected chi connectivity index (χ3v) is 3.42. The number of aromatic nitrogens is 3. The predicted octanol–water partition coefficient (Wildman–Crippen LogP) is 1.67. The smallest absolute Gasteiger partial charge is 0.266 e. The fraction of sp³-hybridized carbons (Fsp3) is 0.231. The molecule has 0 amide bonds. The normalized spacial score (nSPS) is 11.9. The number of nitriles is 1. The number of aryl methyl sites for hydroxylation is 1. The minimum atomic E-state index is -0.384. The van der Waals surface area contributed by atoms with Crippen LogP contribution >= 0.6 is 12.6 Å². The molecule has 0 aliphatic carbocycles. The summed E-state index contributed by atoms with van der Waals surface area (Å²) < 4.78 is 0. The summed E-state index contributed by atoms with van der Waals surface area (Å²) in [6.07, 6.45) is 3.26. The molecule has 2 heterocycles. The number of thiol groups is 1. The molecule has 1 N–H and O–H groups in total. The van der Waals surface area contributed by atoms with Gasteiger partial charge in [-0.1, -0.05) is 0 Å². The first kappa shape index (κ1) is 13.3. The van der Waals surface area contributed by atoms with Crippen molar-refractivity contribution in [1.82, 2.24) is 15.0 Å². The average Bonchev–Trinajstić information content (AvgIpc) is 2.39. The van der Waals surface area contributed by atoms with Gasteiger partial charge in [0.1, 0.15) is 17.5 Å². The lowest BCUT2D eigenvalue weighted by atomic mass is 10.00. The SMILES string of the molecule is Cc1[nH]c(=O)c(C#N)c(C)c1C(S)c1ncccn1. The topological polar surface area (TPSA) is 82.4 Å². The molecule has 96 valence electrons. The standard InChI is InChI=1S/C13H12N4OS/c1-7-9(6-14)13(18)17-8(2)10(7)11(19)12-15-4-3-5-16-12/h3-5,11,19H,1-2H3,(H,17,18). The highest BCUT2D eigenvalue weighted by atomic mass is 32.1. The Morgan fingerprint density at radius 1 is 1.37 bits per heavy atom. The first-order chi connectivity index (χ1) is 9.06. The van der Waals surface area contributed by atoms with Crippen LogP contribution in [0, 0.1) is 25.2 Å². The van der Waals surface area contributed by atoms with Crippen molar-refractivity contribution in [1.29, 1.82) is 5.26 Å². The van der Waals surface area contributed by atoms with Crippen LogP contribution in [0.25, 0.3) is 0 Å². The molecule has 2 aromatic heterocycles. The zero-order valence-corrected chi connectivity index (χ0v) is 11.4. The van der Waals surface area contributed by atoms with Gasteiger partial charge in [0.15, 0.2) is 0 Å². The van der Waals surface area contributed by atoms with Crippen LogP contribution in [0.1, 0.15) is 33.5 Å². The predicted molar refractivity (Wildman–Crippen MR) is 74.1 cm³/mol. The van der Waals surface area contributed by atoms with E-state index in [1.54, 1.807) is 32.3 Å². The summed E-state index contributed by atoms with van der Waals surface area (Å²) in [4.78, 5) is 22.6. The monoisotopic (exact) mass is 272 g/mol. The molecule has 0 fully saturated rings. The van der Waals surface area contributed by atoms with Crippen molar-refractivity contribution in [3.63, 3.8) is 0 Å². The van der Waals surface area contributed by atoms with Crippen LogP contribution in [-0.2, 0) is 0 Å². The first-order valence-corrected chi connectivity index (χ1v) is 6.16. The molecule has 0 saturated heterocycles. The van der Waals surface area contributed by atoms with E-state index in [4.69, 9.17) is 5.26 Å². The highest BCUT2D eigenvalue weighted by Crippen LogP contribution is 2.30. The highest BCUT2D eigenvalue weighted by molar-refractivity contribution is 7.80. The average molecular weight is 272 g/mol. The quantitative estimate of drug-likeness (QED) is 0.815. The van der Waals surface area contributed by atoms with Crippen molar-refractivity contribution in [3.05, 3.63) is 57.0 Å². The van der Waals surface area contributed by atoms with Crippen molar-refractivity contribution in [2.24, 2.45) is 0 Å². The minimum absolute atomic E-state index is 0.107. The van der Waals surface area contributed by atoms with Crippen molar-refractivity contribution in [3.8, 4) is 6.07 Å². The Labute approximate surface area is 115 Å². The zero-order chi connectivity index (χ0) is 14.0. The molecule has 0 aliphatic rings. The van der Waals surface area contributed by atoms with Gasteiger partial charge >= 0.3 is 0 Å². The molecule has 1 unspecified atom stereocenters. The van der Waals surface area contributed by atoms with Crippen molar-refractivity contribution < 1.29 is 0 Å². The zero-order valence-electron chi connectivity index (χ0n) is 10.5. The van der Waals surface area contributed by atoms with E-state index in [-0.39, 0.29) is 16.4 Å². The molecular weight excluding hydrogens is 260 g/mol.